The lowest BCUT2D eigenvalue weighted by Gasteiger charge is -2.27. The second kappa shape index (κ2) is 6.59. The molecule has 1 N–H and O–H groups in total. The van der Waals surface area contributed by atoms with Crippen molar-refractivity contribution in [2.45, 2.75) is 32.5 Å². The molecule has 4 heterocycles. The highest BCUT2D eigenvalue weighted by Gasteiger charge is 2.30. The highest BCUT2D eigenvalue weighted by molar-refractivity contribution is 6.31. The number of halogens is 2. The van der Waals surface area contributed by atoms with Crippen LogP contribution >= 0.6 is 11.6 Å². The van der Waals surface area contributed by atoms with Crippen LogP contribution in [0.5, 0.6) is 0 Å². The van der Waals surface area contributed by atoms with E-state index in [-0.39, 0.29) is 11.1 Å². The van der Waals surface area contributed by atoms with Crippen LogP contribution in [0.1, 0.15) is 17.7 Å². The summed E-state index contributed by atoms with van der Waals surface area (Å²) in [5, 5.41) is 15.8. The smallest absolute Gasteiger partial charge is 0.320 e. The number of carbonyl (C=O) groups excluding carboxylic acids is 1. The van der Waals surface area contributed by atoms with Gasteiger partial charge in [0.1, 0.15) is 17.8 Å². The van der Waals surface area contributed by atoms with Gasteiger partial charge in [-0.2, -0.15) is 5.10 Å². The first-order chi connectivity index (χ1) is 13.6. The Kier molecular flexibility index (Phi) is 4.04. The zero-order valence-corrected chi connectivity index (χ0v) is 15.7. The molecule has 2 aliphatic heterocycles. The Morgan fingerprint density at radius 1 is 1.25 bits per heavy atom. The van der Waals surface area contributed by atoms with Crippen molar-refractivity contribution in [3.63, 3.8) is 0 Å². The Morgan fingerprint density at radius 3 is 3.00 bits per heavy atom. The third-order valence-corrected chi connectivity index (χ3v) is 5.45. The number of carbonyl (C=O) groups is 1. The predicted molar refractivity (Wildman–Crippen MR) is 100 cm³/mol. The van der Waals surface area contributed by atoms with E-state index in [1.54, 1.807) is 11.2 Å². The molecule has 28 heavy (non-hydrogen) atoms. The Bertz CT molecular complexity index is 1080. The molecule has 2 amide bonds. The SMILES string of the molecule is O=C(Nc1ccc(F)c(Cl)c1)N1CCc2nn3c(c2C1)-c1nncn1CCC3. The van der Waals surface area contributed by atoms with E-state index < -0.39 is 5.82 Å². The van der Waals surface area contributed by atoms with Gasteiger partial charge in [-0.1, -0.05) is 11.6 Å². The van der Waals surface area contributed by atoms with Crippen LogP contribution in [-0.4, -0.2) is 42.0 Å². The van der Waals surface area contributed by atoms with E-state index in [2.05, 4.69) is 15.5 Å². The van der Waals surface area contributed by atoms with Gasteiger partial charge in [0.15, 0.2) is 5.82 Å². The molecule has 0 saturated carbocycles. The molecular weight excluding hydrogens is 385 g/mol. The number of aromatic nitrogens is 5. The molecule has 8 nitrogen and oxygen atoms in total. The van der Waals surface area contributed by atoms with Gasteiger partial charge >= 0.3 is 6.03 Å². The fraction of sp³-hybridized carbons (Fsp3) is 0.333. The maximum Gasteiger partial charge on any atom is 0.322 e. The normalized spacial score (nSPS) is 15.4. The van der Waals surface area contributed by atoms with Crippen molar-refractivity contribution >= 4 is 23.3 Å². The number of aryl methyl sites for hydroxylation is 2. The highest BCUT2D eigenvalue weighted by atomic mass is 35.5. The first-order valence-corrected chi connectivity index (χ1v) is 9.45. The second-order valence-corrected chi connectivity index (χ2v) is 7.34. The van der Waals surface area contributed by atoms with Gasteiger partial charge < -0.3 is 14.8 Å². The van der Waals surface area contributed by atoms with Crippen molar-refractivity contribution in [2.24, 2.45) is 0 Å². The summed E-state index contributed by atoms with van der Waals surface area (Å²) in [4.78, 5) is 14.5. The van der Waals surface area contributed by atoms with E-state index in [9.17, 15) is 9.18 Å². The number of nitrogens with zero attached hydrogens (tertiary/aromatic N) is 6. The zero-order valence-electron chi connectivity index (χ0n) is 14.9. The Hall–Kier alpha value is -2.94. The number of rotatable bonds is 1. The number of benzene rings is 1. The third-order valence-electron chi connectivity index (χ3n) is 5.16. The van der Waals surface area contributed by atoms with Crippen LogP contribution in [0.3, 0.4) is 0 Å². The molecule has 0 spiro atoms. The minimum atomic E-state index is -0.519. The van der Waals surface area contributed by atoms with Crippen LogP contribution in [0.4, 0.5) is 14.9 Å². The van der Waals surface area contributed by atoms with Crippen molar-refractivity contribution in [1.29, 1.82) is 0 Å². The largest absolute Gasteiger partial charge is 0.322 e. The number of anilines is 1. The maximum atomic E-state index is 13.3. The predicted octanol–water partition coefficient (Wildman–Crippen LogP) is 2.93. The summed E-state index contributed by atoms with van der Waals surface area (Å²) < 4.78 is 17.3. The number of nitrogens with one attached hydrogen (secondary N) is 1. The summed E-state index contributed by atoms with van der Waals surface area (Å²) in [5.74, 6) is 0.271. The topological polar surface area (TPSA) is 80.9 Å². The van der Waals surface area contributed by atoms with E-state index in [0.717, 1.165) is 42.3 Å². The molecule has 5 rings (SSSR count). The van der Waals surface area contributed by atoms with Gasteiger partial charge in [-0.3, -0.25) is 4.68 Å². The van der Waals surface area contributed by atoms with Crippen LogP contribution in [0.2, 0.25) is 5.02 Å². The summed E-state index contributed by atoms with van der Waals surface area (Å²) in [7, 11) is 0. The molecule has 0 bridgehead atoms. The van der Waals surface area contributed by atoms with Crippen LogP contribution < -0.4 is 5.32 Å². The van der Waals surface area contributed by atoms with E-state index >= 15 is 0 Å². The van der Waals surface area contributed by atoms with Crippen molar-refractivity contribution in [3.05, 3.63) is 46.6 Å². The molecule has 2 aliphatic rings. The molecule has 1 aromatic carbocycles. The first kappa shape index (κ1) is 17.2. The average molecular weight is 402 g/mol. The van der Waals surface area contributed by atoms with E-state index in [1.807, 2.05) is 9.25 Å². The van der Waals surface area contributed by atoms with Gasteiger partial charge in [-0.15, -0.1) is 10.2 Å². The summed E-state index contributed by atoms with van der Waals surface area (Å²) in [6.45, 7) is 2.64. The lowest BCUT2D eigenvalue weighted by Crippen LogP contribution is -2.38. The van der Waals surface area contributed by atoms with Crippen molar-refractivity contribution in [3.8, 4) is 11.5 Å². The minimum absolute atomic E-state index is 0.0278. The molecule has 144 valence electrons. The van der Waals surface area contributed by atoms with Gasteiger partial charge in [0.25, 0.3) is 0 Å². The van der Waals surface area contributed by atoms with Crippen LogP contribution in [0, 0.1) is 5.82 Å². The average Bonchev–Trinajstić information content (AvgIpc) is 3.24. The van der Waals surface area contributed by atoms with Gasteiger partial charge in [-0.05, 0) is 24.6 Å². The number of hydrogen-bond donors (Lipinski definition) is 1. The van der Waals surface area contributed by atoms with E-state index in [0.29, 0.717) is 25.2 Å². The second-order valence-electron chi connectivity index (χ2n) is 6.93. The molecule has 0 aliphatic carbocycles. The lowest BCUT2D eigenvalue weighted by atomic mass is 10.1. The van der Waals surface area contributed by atoms with Crippen molar-refractivity contribution in [1.82, 2.24) is 29.4 Å². The summed E-state index contributed by atoms with van der Waals surface area (Å²) in [6, 6.07) is 3.86. The van der Waals surface area contributed by atoms with Crippen LogP contribution in [0.25, 0.3) is 11.5 Å². The molecule has 0 fully saturated rings. The molecule has 0 radical (unpaired) electrons. The third kappa shape index (κ3) is 2.82. The number of hydrogen-bond acceptors (Lipinski definition) is 4. The Balaban J connectivity index is 1.42. The highest BCUT2D eigenvalue weighted by Crippen LogP contribution is 2.31. The Labute approximate surface area is 164 Å². The summed E-state index contributed by atoms with van der Waals surface area (Å²) >= 11 is 5.80. The monoisotopic (exact) mass is 401 g/mol. The zero-order chi connectivity index (χ0) is 19.3. The molecule has 0 saturated heterocycles. The number of fused-ring (bicyclic) bond motifs is 5. The van der Waals surface area contributed by atoms with Crippen molar-refractivity contribution < 1.29 is 9.18 Å². The molecule has 0 unspecified atom stereocenters. The number of urea groups is 1. The molecular formula is C18H17ClFN7O. The van der Waals surface area contributed by atoms with Gasteiger partial charge in [0.2, 0.25) is 0 Å². The molecule has 2 aromatic heterocycles. The Morgan fingerprint density at radius 2 is 2.14 bits per heavy atom. The van der Waals surface area contributed by atoms with Crippen LogP contribution in [0.15, 0.2) is 24.5 Å². The van der Waals surface area contributed by atoms with E-state index in [1.165, 1.54) is 18.2 Å². The van der Waals surface area contributed by atoms with Crippen LogP contribution in [-0.2, 0) is 26.1 Å². The summed E-state index contributed by atoms with van der Waals surface area (Å²) in [5.41, 5.74) is 3.40. The quantitative estimate of drug-likeness (QED) is 0.679. The van der Waals surface area contributed by atoms with Crippen molar-refractivity contribution in [2.75, 3.05) is 11.9 Å². The fourth-order valence-corrected chi connectivity index (χ4v) is 3.96. The first-order valence-electron chi connectivity index (χ1n) is 9.08. The number of amides is 2. The fourth-order valence-electron chi connectivity index (χ4n) is 3.78. The molecule has 0 atom stereocenters. The minimum Gasteiger partial charge on any atom is -0.320 e. The van der Waals surface area contributed by atoms with Gasteiger partial charge in [0.05, 0.1) is 17.3 Å². The lowest BCUT2D eigenvalue weighted by molar-refractivity contribution is 0.206. The molecule has 3 aromatic rings. The maximum absolute atomic E-state index is 13.3. The summed E-state index contributed by atoms with van der Waals surface area (Å²) in [6.07, 6.45) is 3.35. The standard InChI is InChI=1S/C18H17ClFN7O/c19-13-8-11(2-3-14(13)20)22-18(28)25-7-4-15-12(9-25)16-17-23-21-10-26(17)5-1-6-27(16)24-15/h2-3,8,10H,1,4-7,9H2,(H,22,28). The van der Waals surface area contributed by atoms with Gasteiger partial charge in [0, 0.05) is 37.3 Å². The molecule has 10 heteroatoms. The van der Waals surface area contributed by atoms with Gasteiger partial charge in [-0.25, -0.2) is 9.18 Å². The van der Waals surface area contributed by atoms with E-state index in [4.69, 9.17) is 16.7 Å².